The molecule has 4 nitrogen and oxygen atoms in total. The molecule has 0 saturated carbocycles. The molecule has 1 amide bonds. The number of aromatic nitrogens is 1. The van der Waals surface area contributed by atoms with Crippen LogP contribution < -0.4 is 5.32 Å². The highest BCUT2D eigenvalue weighted by Gasteiger charge is 2.11. The van der Waals surface area contributed by atoms with Gasteiger partial charge < -0.3 is 9.73 Å². The molecule has 0 bridgehead atoms. The number of hydrogen-bond donors (Lipinski definition) is 1. The van der Waals surface area contributed by atoms with E-state index in [0.717, 1.165) is 5.52 Å². The molecule has 0 atom stereocenters. The molecule has 1 heterocycles. The van der Waals surface area contributed by atoms with E-state index >= 15 is 0 Å². The van der Waals surface area contributed by atoms with Gasteiger partial charge in [0.25, 0.3) is 0 Å². The predicted octanol–water partition coefficient (Wildman–Crippen LogP) is 2.76. The lowest BCUT2D eigenvalue weighted by molar-refractivity contribution is -0.117. The molecule has 0 spiro atoms. The number of para-hydroxylation sites is 2. The first kappa shape index (κ1) is 12.4. The van der Waals surface area contributed by atoms with E-state index in [1.165, 1.54) is 6.08 Å². The van der Waals surface area contributed by atoms with Crippen molar-refractivity contribution in [3.05, 3.63) is 36.2 Å². The number of oxazole rings is 1. The van der Waals surface area contributed by atoms with E-state index in [9.17, 15) is 4.79 Å². The zero-order chi connectivity index (χ0) is 13.2. The Morgan fingerprint density at radius 2 is 2.06 bits per heavy atom. The third-order valence-electron chi connectivity index (χ3n) is 2.19. The Bertz CT molecular complexity index is 558. The van der Waals surface area contributed by atoms with Gasteiger partial charge in [0.05, 0.1) is 0 Å². The monoisotopic (exact) mass is 244 g/mol. The number of fused-ring (bicyclic) bond motifs is 1. The third kappa shape index (κ3) is 3.20. The normalized spacial score (nSPS) is 12.2. The van der Waals surface area contributed by atoms with E-state index in [2.05, 4.69) is 10.3 Å². The summed E-state index contributed by atoms with van der Waals surface area (Å²) < 4.78 is 5.47. The van der Waals surface area contributed by atoms with Crippen molar-refractivity contribution in [2.45, 2.75) is 26.3 Å². The molecule has 1 aromatic carbocycles. The number of amides is 1. The minimum Gasteiger partial charge on any atom is -0.437 e. The lowest BCUT2D eigenvalue weighted by Crippen LogP contribution is -2.39. The average Bonchev–Trinajstić information content (AvgIpc) is 2.66. The number of carbonyl (C=O) groups excluding carboxylic acids is 1. The van der Waals surface area contributed by atoms with Crippen molar-refractivity contribution >= 4 is 23.1 Å². The SMILES string of the molecule is CC(C)(C)NC(=O)C=Cc1nc2ccccc2o1. The van der Waals surface area contributed by atoms with Crippen molar-refractivity contribution in [2.24, 2.45) is 0 Å². The molecule has 0 radical (unpaired) electrons. The van der Waals surface area contributed by atoms with Crippen LogP contribution in [0.1, 0.15) is 26.7 Å². The number of nitrogens with one attached hydrogen (secondary N) is 1. The fourth-order valence-electron chi connectivity index (χ4n) is 1.52. The summed E-state index contributed by atoms with van der Waals surface area (Å²) >= 11 is 0. The van der Waals surface area contributed by atoms with Crippen LogP contribution in [0.3, 0.4) is 0 Å². The predicted molar refractivity (Wildman–Crippen MR) is 70.9 cm³/mol. The molecule has 0 aliphatic carbocycles. The second-order valence-electron chi connectivity index (χ2n) is 5.09. The number of benzene rings is 1. The summed E-state index contributed by atoms with van der Waals surface area (Å²) in [4.78, 5) is 15.8. The Morgan fingerprint density at radius 3 is 2.72 bits per heavy atom. The Balaban J connectivity index is 2.11. The largest absolute Gasteiger partial charge is 0.437 e. The Morgan fingerprint density at radius 1 is 1.33 bits per heavy atom. The van der Waals surface area contributed by atoms with E-state index in [1.54, 1.807) is 6.08 Å². The highest BCUT2D eigenvalue weighted by Crippen LogP contribution is 2.15. The molecule has 1 aromatic heterocycles. The van der Waals surface area contributed by atoms with Crippen LogP contribution in [-0.4, -0.2) is 16.4 Å². The molecule has 1 N–H and O–H groups in total. The molecule has 94 valence electrons. The highest BCUT2D eigenvalue weighted by molar-refractivity contribution is 5.91. The summed E-state index contributed by atoms with van der Waals surface area (Å²) in [5, 5.41) is 2.83. The number of carbonyl (C=O) groups is 1. The highest BCUT2D eigenvalue weighted by atomic mass is 16.3. The minimum atomic E-state index is -0.247. The van der Waals surface area contributed by atoms with E-state index in [-0.39, 0.29) is 11.4 Å². The third-order valence-corrected chi connectivity index (χ3v) is 2.19. The second-order valence-corrected chi connectivity index (χ2v) is 5.09. The van der Waals surface area contributed by atoms with Crippen molar-refractivity contribution in [2.75, 3.05) is 0 Å². The van der Waals surface area contributed by atoms with Crippen molar-refractivity contribution in [1.29, 1.82) is 0 Å². The van der Waals surface area contributed by atoms with Crippen LogP contribution in [-0.2, 0) is 4.79 Å². The molecule has 2 aromatic rings. The quantitative estimate of drug-likeness (QED) is 0.826. The van der Waals surface area contributed by atoms with Gasteiger partial charge in [-0.3, -0.25) is 4.79 Å². The van der Waals surface area contributed by atoms with Gasteiger partial charge in [-0.1, -0.05) is 12.1 Å². The molecular weight excluding hydrogens is 228 g/mol. The summed E-state index contributed by atoms with van der Waals surface area (Å²) in [5.41, 5.74) is 1.25. The summed E-state index contributed by atoms with van der Waals surface area (Å²) in [6.45, 7) is 5.79. The molecule has 0 unspecified atom stereocenters. The van der Waals surface area contributed by atoms with Crippen LogP contribution in [0.25, 0.3) is 17.2 Å². The van der Waals surface area contributed by atoms with Crippen molar-refractivity contribution in [3.8, 4) is 0 Å². The Kier molecular flexibility index (Phi) is 3.19. The Labute approximate surface area is 106 Å². The van der Waals surface area contributed by atoms with Gasteiger partial charge in [-0.15, -0.1) is 0 Å². The smallest absolute Gasteiger partial charge is 0.244 e. The van der Waals surface area contributed by atoms with Crippen molar-refractivity contribution in [1.82, 2.24) is 10.3 Å². The first-order valence-corrected chi connectivity index (χ1v) is 5.80. The zero-order valence-corrected chi connectivity index (χ0v) is 10.7. The van der Waals surface area contributed by atoms with Crippen molar-refractivity contribution in [3.63, 3.8) is 0 Å². The van der Waals surface area contributed by atoms with Gasteiger partial charge in [-0.2, -0.15) is 0 Å². The molecule has 0 aliphatic rings. The van der Waals surface area contributed by atoms with Gasteiger partial charge in [-0.25, -0.2) is 4.98 Å². The zero-order valence-electron chi connectivity index (χ0n) is 10.7. The van der Waals surface area contributed by atoms with E-state index in [4.69, 9.17) is 4.42 Å². The number of hydrogen-bond acceptors (Lipinski definition) is 3. The van der Waals surface area contributed by atoms with E-state index < -0.39 is 0 Å². The van der Waals surface area contributed by atoms with Crippen LogP contribution in [0, 0.1) is 0 Å². The van der Waals surface area contributed by atoms with E-state index in [0.29, 0.717) is 11.5 Å². The molecule has 4 heteroatoms. The number of rotatable bonds is 2. The lowest BCUT2D eigenvalue weighted by atomic mass is 10.1. The van der Waals surface area contributed by atoms with Crippen molar-refractivity contribution < 1.29 is 9.21 Å². The maximum Gasteiger partial charge on any atom is 0.244 e. The molecule has 0 aliphatic heterocycles. The summed E-state index contributed by atoms with van der Waals surface area (Å²) in [6.07, 6.45) is 3.00. The number of nitrogens with zero attached hydrogens (tertiary/aromatic N) is 1. The van der Waals surface area contributed by atoms with Gasteiger partial charge in [0.2, 0.25) is 11.8 Å². The molecule has 2 rings (SSSR count). The second kappa shape index (κ2) is 4.64. The van der Waals surface area contributed by atoms with Crippen LogP contribution >= 0.6 is 0 Å². The molecule has 0 fully saturated rings. The molecule has 18 heavy (non-hydrogen) atoms. The first-order chi connectivity index (χ1) is 8.44. The van der Waals surface area contributed by atoms with Gasteiger partial charge in [0.15, 0.2) is 5.58 Å². The molecular formula is C14H16N2O2. The van der Waals surface area contributed by atoms with Gasteiger partial charge in [0.1, 0.15) is 5.52 Å². The topological polar surface area (TPSA) is 55.1 Å². The average molecular weight is 244 g/mol. The fraction of sp³-hybridized carbons (Fsp3) is 0.286. The van der Waals surface area contributed by atoms with Crippen LogP contribution in [0.15, 0.2) is 34.8 Å². The van der Waals surface area contributed by atoms with E-state index in [1.807, 2.05) is 45.0 Å². The minimum absolute atomic E-state index is 0.162. The first-order valence-electron chi connectivity index (χ1n) is 5.80. The van der Waals surface area contributed by atoms with Crippen LogP contribution in [0.4, 0.5) is 0 Å². The van der Waals surface area contributed by atoms with Crippen LogP contribution in [0.2, 0.25) is 0 Å². The van der Waals surface area contributed by atoms with Crippen LogP contribution in [0.5, 0.6) is 0 Å². The standard InChI is InChI=1S/C14H16N2O2/c1-14(2,3)16-12(17)8-9-13-15-10-6-4-5-7-11(10)18-13/h4-9H,1-3H3,(H,16,17). The van der Waals surface area contributed by atoms with Gasteiger partial charge >= 0.3 is 0 Å². The Hall–Kier alpha value is -2.10. The van der Waals surface area contributed by atoms with Gasteiger partial charge in [-0.05, 0) is 32.9 Å². The summed E-state index contributed by atoms with van der Waals surface area (Å²) in [6, 6.07) is 7.48. The lowest BCUT2D eigenvalue weighted by Gasteiger charge is -2.18. The summed E-state index contributed by atoms with van der Waals surface area (Å²) in [5.74, 6) is 0.269. The maximum absolute atomic E-state index is 11.6. The maximum atomic E-state index is 11.6. The van der Waals surface area contributed by atoms with Gasteiger partial charge in [0, 0.05) is 17.7 Å². The summed E-state index contributed by atoms with van der Waals surface area (Å²) in [7, 11) is 0. The molecule has 0 saturated heterocycles. The fourth-order valence-corrected chi connectivity index (χ4v) is 1.52.